The van der Waals surface area contributed by atoms with Crippen LogP contribution in [0.5, 0.6) is 5.75 Å². The van der Waals surface area contributed by atoms with Crippen molar-refractivity contribution in [2.24, 2.45) is 7.05 Å². The lowest BCUT2D eigenvalue weighted by molar-refractivity contribution is 0.0769. The van der Waals surface area contributed by atoms with E-state index in [1.165, 1.54) is 0 Å². The molecule has 0 bridgehead atoms. The molecular weight excluding hydrogens is 434 g/mol. The minimum Gasteiger partial charge on any atom is -0.497 e. The van der Waals surface area contributed by atoms with Crippen molar-refractivity contribution in [1.82, 2.24) is 19.7 Å². The average molecular weight is 462 g/mol. The number of hydrogen-bond donors (Lipinski definition) is 0. The number of thiophene rings is 1. The lowest BCUT2D eigenvalue weighted by Gasteiger charge is -2.24. The van der Waals surface area contributed by atoms with Crippen LogP contribution in [0.1, 0.15) is 22.5 Å². The molecule has 1 fully saturated rings. The lowest BCUT2D eigenvalue weighted by Crippen LogP contribution is -2.35. The van der Waals surface area contributed by atoms with Crippen LogP contribution >= 0.6 is 11.3 Å². The number of aromatic nitrogens is 3. The molecule has 0 atom stereocenters. The summed E-state index contributed by atoms with van der Waals surface area (Å²) in [5, 5.41) is 7.43. The van der Waals surface area contributed by atoms with Crippen LogP contribution in [0.25, 0.3) is 21.6 Å². The number of nitrogens with zero attached hydrogens (tertiary/aromatic N) is 5. The van der Waals surface area contributed by atoms with Gasteiger partial charge in [-0.1, -0.05) is 6.07 Å². The minimum atomic E-state index is 0.0490. The van der Waals surface area contributed by atoms with Crippen LogP contribution in [0.15, 0.2) is 47.8 Å². The zero-order valence-electron chi connectivity index (χ0n) is 19.1. The molecular formula is C25H27N5O2S. The third kappa shape index (κ3) is 4.06. The van der Waals surface area contributed by atoms with Gasteiger partial charge in [0.15, 0.2) is 5.65 Å². The topological polar surface area (TPSA) is 63.5 Å². The number of aryl methyl sites for hydroxylation is 2. The van der Waals surface area contributed by atoms with Crippen molar-refractivity contribution in [2.75, 3.05) is 38.2 Å². The largest absolute Gasteiger partial charge is 0.497 e. The van der Waals surface area contributed by atoms with Gasteiger partial charge in [0.25, 0.3) is 5.91 Å². The second kappa shape index (κ2) is 8.86. The molecule has 5 rings (SSSR count). The number of amides is 1. The van der Waals surface area contributed by atoms with E-state index in [-0.39, 0.29) is 5.91 Å². The van der Waals surface area contributed by atoms with E-state index < -0.39 is 0 Å². The van der Waals surface area contributed by atoms with Gasteiger partial charge in [-0.25, -0.2) is 4.98 Å². The van der Waals surface area contributed by atoms with Crippen LogP contribution in [-0.2, 0) is 7.05 Å². The van der Waals surface area contributed by atoms with E-state index in [2.05, 4.69) is 22.1 Å². The number of carbonyl (C=O) groups is 1. The normalized spacial score (nSPS) is 14.5. The van der Waals surface area contributed by atoms with Gasteiger partial charge in [0, 0.05) is 38.9 Å². The molecule has 1 aromatic carbocycles. The summed E-state index contributed by atoms with van der Waals surface area (Å²) in [7, 11) is 3.56. The zero-order valence-corrected chi connectivity index (χ0v) is 19.9. The summed E-state index contributed by atoms with van der Waals surface area (Å²) in [6.07, 6.45) is 0.912. The average Bonchev–Trinajstić information content (AvgIpc) is 3.39. The highest BCUT2D eigenvalue weighted by Crippen LogP contribution is 2.30. The SMILES string of the molecule is COc1ccc(N2CCCN(C(=O)c3cc(-c4cccs4)nc4c3c(C)nn4C)CC2)cc1. The molecule has 4 heterocycles. The van der Waals surface area contributed by atoms with Gasteiger partial charge in [0.2, 0.25) is 0 Å². The zero-order chi connectivity index (χ0) is 22.9. The molecule has 1 amide bonds. The monoisotopic (exact) mass is 461 g/mol. The molecule has 0 N–H and O–H groups in total. The third-order valence-corrected chi connectivity index (χ3v) is 7.09. The van der Waals surface area contributed by atoms with Gasteiger partial charge in [0.05, 0.1) is 34.3 Å². The van der Waals surface area contributed by atoms with E-state index >= 15 is 0 Å². The predicted molar refractivity (Wildman–Crippen MR) is 132 cm³/mol. The van der Waals surface area contributed by atoms with Gasteiger partial charge >= 0.3 is 0 Å². The number of pyridine rings is 1. The van der Waals surface area contributed by atoms with Crippen molar-refractivity contribution in [3.05, 3.63) is 59.1 Å². The first kappa shape index (κ1) is 21.5. The highest BCUT2D eigenvalue weighted by atomic mass is 32.1. The van der Waals surface area contributed by atoms with Crippen LogP contribution < -0.4 is 9.64 Å². The number of hydrogen-bond acceptors (Lipinski definition) is 6. The van der Waals surface area contributed by atoms with Crippen LogP contribution in [0.3, 0.4) is 0 Å². The molecule has 0 radical (unpaired) electrons. The van der Waals surface area contributed by atoms with Crippen molar-refractivity contribution in [2.45, 2.75) is 13.3 Å². The van der Waals surface area contributed by atoms with Crippen molar-refractivity contribution < 1.29 is 9.53 Å². The van der Waals surface area contributed by atoms with Gasteiger partial charge in [0.1, 0.15) is 5.75 Å². The molecule has 8 heteroatoms. The number of methoxy groups -OCH3 is 1. The Morgan fingerprint density at radius 2 is 1.91 bits per heavy atom. The smallest absolute Gasteiger partial charge is 0.254 e. The Balaban J connectivity index is 1.44. The molecule has 170 valence electrons. The maximum atomic E-state index is 13.8. The number of rotatable bonds is 4. The fourth-order valence-electron chi connectivity index (χ4n) is 4.51. The van der Waals surface area contributed by atoms with Crippen LogP contribution in [0, 0.1) is 6.92 Å². The van der Waals surface area contributed by atoms with Crippen LogP contribution in [0.2, 0.25) is 0 Å². The Morgan fingerprint density at radius 1 is 1.09 bits per heavy atom. The van der Waals surface area contributed by atoms with E-state index in [0.717, 1.165) is 64.8 Å². The van der Waals surface area contributed by atoms with Gasteiger partial charge in [-0.2, -0.15) is 5.10 Å². The predicted octanol–water partition coefficient (Wildman–Crippen LogP) is 4.37. The second-order valence-electron chi connectivity index (χ2n) is 8.27. The first-order valence-corrected chi connectivity index (χ1v) is 12.0. The molecule has 33 heavy (non-hydrogen) atoms. The molecule has 1 aliphatic heterocycles. The van der Waals surface area contributed by atoms with Crippen molar-refractivity contribution in [3.63, 3.8) is 0 Å². The van der Waals surface area contributed by atoms with Crippen molar-refractivity contribution in [1.29, 1.82) is 0 Å². The van der Waals surface area contributed by atoms with Crippen LogP contribution in [-0.4, -0.2) is 58.9 Å². The first-order chi connectivity index (χ1) is 16.0. The van der Waals surface area contributed by atoms with Gasteiger partial charge < -0.3 is 14.5 Å². The van der Waals surface area contributed by atoms with Gasteiger partial charge in [-0.15, -0.1) is 11.3 Å². The Bertz CT molecular complexity index is 1280. The Hall–Kier alpha value is -3.39. The maximum absolute atomic E-state index is 13.8. The van der Waals surface area contributed by atoms with Gasteiger partial charge in [-0.05, 0) is 55.1 Å². The second-order valence-corrected chi connectivity index (χ2v) is 9.22. The van der Waals surface area contributed by atoms with E-state index in [1.54, 1.807) is 23.1 Å². The summed E-state index contributed by atoms with van der Waals surface area (Å²) in [6, 6.07) is 14.1. The quantitative estimate of drug-likeness (QED) is 0.452. The standard InChI is InChI=1S/C25H27N5O2S/c1-17-23-20(16-21(22-6-4-15-33-22)26-24(23)28(2)27-17)25(31)30-12-5-11-29(13-14-30)18-7-9-19(32-3)10-8-18/h4,6-10,15-16H,5,11-14H2,1-3H3. The number of anilines is 1. The molecule has 7 nitrogen and oxygen atoms in total. The molecule has 0 unspecified atom stereocenters. The molecule has 0 saturated carbocycles. The summed E-state index contributed by atoms with van der Waals surface area (Å²) in [4.78, 5) is 24.0. The Kier molecular flexibility index (Phi) is 5.76. The van der Waals surface area contributed by atoms with E-state index in [4.69, 9.17) is 9.72 Å². The number of fused-ring (bicyclic) bond motifs is 1. The van der Waals surface area contributed by atoms with Crippen LogP contribution in [0.4, 0.5) is 5.69 Å². The summed E-state index contributed by atoms with van der Waals surface area (Å²) in [5.74, 6) is 0.897. The first-order valence-electron chi connectivity index (χ1n) is 11.1. The summed E-state index contributed by atoms with van der Waals surface area (Å²) in [5.41, 5.74) is 4.23. The highest BCUT2D eigenvalue weighted by molar-refractivity contribution is 7.13. The van der Waals surface area contributed by atoms with Gasteiger partial charge in [-0.3, -0.25) is 9.48 Å². The Labute approximate surface area is 197 Å². The van der Waals surface area contributed by atoms with Crippen molar-refractivity contribution in [3.8, 4) is 16.3 Å². The minimum absolute atomic E-state index is 0.0490. The molecule has 4 aromatic rings. The lowest BCUT2D eigenvalue weighted by atomic mass is 10.1. The van der Waals surface area contributed by atoms with Crippen molar-refractivity contribution >= 4 is 34.0 Å². The summed E-state index contributed by atoms with van der Waals surface area (Å²) < 4.78 is 7.05. The number of ether oxygens (including phenoxy) is 1. The van der Waals surface area contributed by atoms with E-state index in [1.807, 2.05) is 54.6 Å². The molecule has 0 spiro atoms. The highest BCUT2D eigenvalue weighted by Gasteiger charge is 2.25. The fraction of sp³-hybridized carbons (Fsp3) is 0.320. The molecule has 1 aliphatic rings. The summed E-state index contributed by atoms with van der Waals surface area (Å²) >= 11 is 1.62. The fourth-order valence-corrected chi connectivity index (χ4v) is 5.19. The summed E-state index contributed by atoms with van der Waals surface area (Å²) in [6.45, 7) is 5.04. The number of carbonyl (C=O) groups excluding carboxylic acids is 1. The maximum Gasteiger partial charge on any atom is 0.254 e. The molecule has 1 saturated heterocycles. The van der Waals surface area contributed by atoms with E-state index in [9.17, 15) is 4.79 Å². The van der Waals surface area contributed by atoms with E-state index in [0.29, 0.717) is 12.1 Å². The Morgan fingerprint density at radius 3 is 2.64 bits per heavy atom. The number of benzene rings is 1. The molecule has 0 aliphatic carbocycles. The third-order valence-electron chi connectivity index (χ3n) is 6.19. The molecule has 3 aromatic heterocycles.